The Balaban J connectivity index is 1.60. The van der Waals surface area contributed by atoms with E-state index < -0.39 is 6.04 Å². The molecular formula is C31H34N2O5. The maximum Gasteiger partial charge on any atom is 0.259 e. The van der Waals surface area contributed by atoms with Crippen LogP contribution in [0.15, 0.2) is 66.7 Å². The molecule has 0 bridgehead atoms. The van der Waals surface area contributed by atoms with E-state index >= 15 is 0 Å². The van der Waals surface area contributed by atoms with Crippen molar-refractivity contribution in [3.05, 3.63) is 83.4 Å². The van der Waals surface area contributed by atoms with E-state index in [4.69, 9.17) is 9.47 Å². The Morgan fingerprint density at radius 2 is 1.50 bits per heavy atom. The van der Waals surface area contributed by atoms with Crippen molar-refractivity contribution in [3.63, 3.8) is 0 Å². The van der Waals surface area contributed by atoms with Gasteiger partial charge in [0, 0.05) is 17.3 Å². The normalized spacial score (nSPS) is 15.8. The molecule has 0 spiro atoms. The fourth-order valence-corrected chi connectivity index (χ4v) is 5.14. The number of nitrogens with zero attached hydrogens (tertiary/aromatic N) is 1. The first-order valence-electron chi connectivity index (χ1n) is 13.3. The minimum absolute atomic E-state index is 0.0803. The zero-order valence-corrected chi connectivity index (χ0v) is 21.9. The second-order valence-electron chi connectivity index (χ2n) is 10.3. The molecule has 0 saturated heterocycles. The van der Waals surface area contributed by atoms with Gasteiger partial charge in [0.2, 0.25) is 5.91 Å². The summed E-state index contributed by atoms with van der Waals surface area (Å²) in [7, 11) is 0. The Morgan fingerprint density at radius 3 is 2.16 bits per heavy atom. The van der Waals surface area contributed by atoms with Crippen LogP contribution in [0.5, 0.6) is 17.2 Å². The van der Waals surface area contributed by atoms with Gasteiger partial charge < -0.3 is 19.9 Å². The number of anilines is 1. The van der Waals surface area contributed by atoms with Crippen LogP contribution in [-0.2, 0) is 4.79 Å². The number of phenolic OH excluding ortho intramolecular Hbond substituents is 1. The third-order valence-electron chi connectivity index (χ3n) is 7.26. The first kappa shape index (κ1) is 25.6. The number of carbonyl (C=O) groups is 2. The van der Waals surface area contributed by atoms with Crippen LogP contribution in [0.1, 0.15) is 73.0 Å². The first-order chi connectivity index (χ1) is 18.4. The Morgan fingerprint density at radius 1 is 0.868 bits per heavy atom. The summed E-state index contributed by atoms with van der Waals surface area (Å²) in [5, 5.41) is 13.1. The second-order valence-corrected chi connectivity index (χ2v) is 10.3. The van der Waals surface area contributed by atoms with E-state index in [0.29, 0.717) is 47.4 Å². The molecule has 2 aliphatic rings. The van der Waals surface area contributed by atoms with Crippen molar-refractivity contribution < 1.29 is 24.2 Å². The summed E-state index contributed by atoms with van der Waals surface area (Å²) < 4.78 is 11.4. The number of nitrogens with one attached hydrogen (secondary N) is 1. The molecule has 1 heterocycles. The average molecular weight is 515 g/mol. The predicted molar refractivity (Wildman–Crippen MR) is 146 cm³/mol. The number of hydrogen-bond acceptors (Lipinski definition) is 5. The van der Waals surface area contributed by atoms with E-state index in [1.54, 1.807) is 47.4 Å². The Hall–Kier alpha value is -4.00. The molecule has 7 heteroatoms. The second kappa shape index (κ2) is 11.2. The van der Waals surface area contributed by atoms with Gasteiger partial charge in [0.15, 0.2) is 11.5 Å². The Labute approximate surface area is 223 Å². The van der Waals surface area contributed by atoms with Crippen molar-refractivity contribution in [2.75, 3.05) is 18.1 Å². The molecule has 3 aromatic carbocycles. The smallest absolute Gasteiger partial charge is 0.259 e. The molecule has 2 amide bonds. The van der Waals surface area contributed by atoms with Crippen LogP contribution >= 0.6 is 0 Å². The number of benzene rings is 3. The quantitative estimate of drug-likeness (QED) is 0.420. The van der Waals surface area contributed by atoms with Gasteiger partial charge in [-0.25, -0.2) is 0 Å². The fraction of sp³-hybridized carbons (Fsp3) is 0.355. The van der Waals surface area contributed by atoms with Gasteiger partial charge in [-0.3, -0.25) is 14.5 Å². The van der Waals surface area contributed by atoms with Crippen LogP contribution in [0, 0.1) is 0 Å². The van der Waals surface area contributed by atoms with Gasteiger partial charge in [0.25, 0.3) is 5.91 Å². The van der Waals surface area contributed by atoms with Gasteiger partial charge in [-0.2, -0.15) is 0 Å². The Bertz CT molecular complexity index is 1280. The number of rotatable bonds is 7. The molecule has 1 aliphatic heterocycles. The lowest BCUT2D eigenvalue weighted by Crippen LogP contribution is -2.46. The number of fused-ring (bicyclic) bond motifs is 1. The minimum Gasteiger partial charge on any atom is -0.508 e. The fourth-order valence-electron chi connectivity index (χ4n) is 5.14. The maximum atomic E-state index is 14.3. The first-order valence-corrected chi connectivity index (χ1v) is 13.3. The standard InChI is InChI=1S/C31H34N2O5/c1-20(2)21-7-12-25(13-8-21)33(31(36)23-11-16-27-28(19-23)38-18-17-37-27)29(22-9-14-26(34)15-10-22)30(35)32-24-5-3-4-6-24/h7-16,19-20,24,29,34H,3-6,17-18H2,1-2H3,(H,32,35)/t29-/m0/s1. The molecule has 2 N–H and O–H groups in total. The molecule has 0 aromatic heterocycles. The average Bonchev–Trinajstić information content (AvgIpc) is 3.45. The van der Waals surface area contributed by atoms with Crippen LogP contribution in [-0.4, -0.2) is 36.2 Å². The SMILES string of the molecule is CC(C)c1ccc(N(C(=O)c2ccc3c(c2)OCCO3)[C@H](C(=O)NC2CCCC2)c2ccc(O)cc2)cc1. The third kappa shape index (κ3) is 5.47. The highest BCUT2D eigenvalue weighted by Crippen LogP contribution is 2.35. The highest BCUT2D eigenvalue weighted by Gasteiger charge is 2.35. The summed E-state index contributed by atoms with van der Waals surface area (Å²) in [4.78, 5) is 29.8. The number of aromatic hydroxyl groups is 1. The summed E-state index contributed by atoms with van der Waals surface area (Å²) in [6.45, 7) is 5.09. The molecule has 0 unspecified atom stereocenters. The number of amides is 2. The summed E-state index contributed by atoms with van der Waals surface area (Å²) in [5.74, 6) is 0.933. The third-order valence-corrected chi connectivity index (χ3v) is 7.26. The van der Waals surface area contributed by atoms with Crippen LogP contribution in [0.25, 0.3) is 0 Å². The lowest BCUT2D eigenvalue weighted by Gasteiger charge is -2.33. The zero-order chi connectivity index (χ0) is 26.6. The number of ether oxygens (including phenoxy) is 2. The molecule has 1 fully saturated rings. The summed E-state index contributed by atoms with van der Waals surface area (Å²) in [6.07, 6.45) is 4.00. The van der Waals surface area contributed by atoms with E-state index in [0.717, 1.165) is 31.2 Å². The Kier molecular flexibility index (Phi) is 7.54. The van der Waals surface area contributed by atoms with Crippen molar-refractivity contribution in [2.45, 2.75) is 57.5 Å². The van der Waals surface area contributed by atoms with Crippen LogP contribution < -0.4 is 19.7 Å². The van der Waals surface area contributed by atoms with E-state index in [1.807, 2.05) is 24.3 Å². The van der Waals surface area contributed by atoms with E-state index in [2.05, 4.69) is 19.2 Å². The molecular weight excluding hydrogens is 480 g/mol. The largest absolute Gasteiger partial charge is 0.508 e. The van der Waals surface area contributed by atoms with Crippen molar-refractivity contribution >= 4 is 17.5 Å². The lowest BCUT2D eigenvalue weighted by molar-refractivity contribution is -0.123. The minimum atomic E-state index is -0.943. The van der Waals surface area contributed by atoms with E-state index in [1.165, 1.54) is 0 Å². The maximum absolute atomic E-state index is 14.3. The summed E-state index contributed by atoms with van der Waals surface area (Å²) in [5.41, 5.74) is 2.74. The number of carbonyl (C=O) groups excluding carboxylic acids is 2. The zero-order valence-electron chi connectivity index (χ0n) is 21.9. The van der Waals surface area contributed by atoms with Gasteiger partial charge in [0.05, 0.1) is 0 Å². The molecule has 0 radical (unpaired) electrons. The molecule has 198 valence electrons. The predicted octanol–water partition coefficient (Wildman–Crippen LogP) is 5.73. The monoisotopic (exact) mass is 514 g/mol. The van der Waals surface area contributed by atoms with Gasteiger partial charge in [-0.05, 0) is 72.4 Å². The summed E-state index contributed by atoms with van der Waals surface area (Å²) in [6, 6.07) is 18.5. The molecule has 3 aromatic rings. The highest BCUT2D eigenvalue weighted by atomic mass is 16.6. The van der Waals surface area contributed by atoms with Gasteiger partial charge in [-0.15, -0.1) is 0 Å². The molecule has 1 aliphatic carbocycles. The van der Waals surface area contributed by atoms with Crippen molar-refractivity contribution in [2.24, 2.45) is 0 Å². The number of hydrogen-bond donors (Lipinski definition) is 2. The van der Waals surface area contributed by atoms with Gasteiger partial charge >= 0.3 is 0 Å². The van der Waals surface area contributed by atoms with Gasteiger partial charge in [-0.1, -0.05) is 51.0 Å². The molecule has 1 atom stereocenters. The van der Waals surface area contributed by atoms with Crippen LogP contribution in [0.3, 0.4) is 0 Å². The topological polar surface area (TPSA) is 88.1 Å². The van der Waals surface area contributed by atoms with E-state index in [-0.39, 0.29) is 23.6 Å². The molecule has 5 rings (SSSR count). The molecule has 1 saturated carbocycles. The van der Waals surface area contributed by atoms with Gasteiger partial charge in [0.1, 0.15) is 25.0 Å². The van der Waals surface area contributed by atoms with Crippen molar-refractivity contribution in [3.8, 4) is 17.2 Å². The van der Waals surface area contributed by atoms with Crippen molar-refractivity contribution in [1.82, 2.24) is 5.32 Å². The molecule has 38 heavy (non-hydrogen) atoms. The van der Waals surface area contributed by atoms with Crippen LogP contribution in [0.4, 0.5) is 5.69 Å². The molecule has 7 nitrogen and oxygen atoms in total. The lowest BCUT2D eigenvalue weighted by atomic mass is 9.99. The summed E-state index contributed by atoms with van der Waals surface area (Å²) >= 11 is 0. The van der Waals surface area contributed by atoms with E-state index in [9.17, 15) is 14.7 Å². The van der Waals surface area contributed by atoms with Crippen LogP contribution in [0.2, 0.25) is 0 Å². The number of phenols is 1. The van der Waals surface area contributed by atoms with Crippen molar-refractivity contribution in [1.29, 1.82) is 0 Å². The highest BCUT2D eigenvalue weighted by molar-refractivity contribution is 6.10.